The quantitative estimate of drug-likeness (QED) is 0.143. The van der Waals surface area contributed by atoms with Gasteiger partial charge in [0.15, 0.2) is 0 Å². The summed E-state index contributed by atoms with van der Waals surface area (Å²) in [5.41, 5.74) is 13.4. The van der Waals surface area contributed by atoms with E-state index in [1.807, 2.05) is 36.4 Å². The molecule has 0 saturated heterocycles. The summed E-state index contributed by atoms with van der Waals surface area (Å²) in [4.78, 5) is 8.09. The number of anilines is 9. The summed E-state index contributed by atoms with van der Waals surface area (Å²) in [6, 6.07) is 84.4. The molecule has 11 aromatic rings. The Balaban J connectivity index is 1.02. The van der Waals surface area contributed by atoms with E-state index in [1.165, 1.54) is 26.8 Å². The van der Waals surface area contributed by atoms with Crippen molar-refractivity contribution in [3.63, 3.8) is 0 Å². The average molecular weight is 854 g/mol. The van der Waals surface area contributed by atoms with Gasteiger partial charge in [-0.25, -0.2) is 4.39 Å². The van der Waals surface area contributed by atoms with Crippen LogP contribution in [0.2, 0.25) is 0 Å². The Morgan fingerprint density at radius 3 is 1.71 bits per heavy atom. The molecular weight excluding hydrogens is 814 g/mol. The number of halogens is 1. The molecule has 10 aromatic carbocycles. The Morgan fingerprint density at radius 1 is 0.369 bits per heavy atom. The van der Waals surface area contributed by atoms with Gasteiger partial charge in [-0.1, -0.05) is 146 Å². The number of hydrogen-bond donors (Lipinski definition) is 0. The maximum absolute atomic E-state index is 16.1. The summed E-state index contributed by atoms with van der Waals surface area (Å²) in [6.07, 6.45) is 0. The van der Waals surface area contributed by atoms with Gasteiger partial charge < -0.3 is 14.7 Å². The molecule has 1 aliphatic heterocycles. The van der Waals surface area contributed by atoms with E-state index in [9.17, 15) is 0 Å². The van der Waals surface area contributed by atoms with Crippen LogP contribution in [0.3, 0.4) is 0 Å². The normalized spacial score (nSPS) is 11.7. The lowest BCUT2D eigenvalue weighted by molar-refractivity contribution is 0.628. The SMILES string of the molecule is Fc1cc(-c2cccc3ccccc23)cc(N(c2ccccc2)c2ccc3c(c2)N(c2ccccc2)c2cccc4c(-c5ccc(N(c6ccccc6)c6ccccc6)s5)ccc-3c24)c1. The van der Waals surface area contributed by atoms with Crippen LogP contribution in [0.25, 0.3) is 54.2 Å². The second-order valence-electron chi connectivity index (χ2n) is 16.3. The summed E-state index contributed by atoms with van der Waals surface area (Å²) < 4.78 is 16.1. The lowest BCUT2D eigenvalue weighted by Crippen LogP contribution is -2.17. The summed E-state index contributed by atoms with van der Waals surface area (Å²) >= 11 is 1.80. The van der Waals surface area contributed by atoms with Gasteiger partial charge in [0, 0.05) is 50.0 Å². The molecule has 0 spiro atoms. The van der Waals surface area contributed by atoms with Gasteiger partial charge in [-0.05, 0) is 135 Å². The fraction of sp³-hybridized carbons (Fsp3) is 0. The van der Waals surface area contributed by atoms with E-state index >= 15 is 4.39 Å². The van der Waals surface area contributed by atoms with E-state index in [0.29, 0.717) is 0 Å². The van der Waals surface area contributed by atoms with Crippen LogP contribution in [0, 0.1) is 5.82 Å². The van der Waals surface area contributed by atoms with E-state index in [0.717, 1.165) is 78.0 Å². The number of para-hydroxylation sites is 4. The summed E-state index contributed by atoms with van der Waals surface area (Å²) in [7, 11) is 0. The zero-order valence-corrected chi connectivity index (χ0v) is 36.0. The van der Waals surface area contributed by atoms with E-state index in [2.05, 4.69) is 209 Å². The highest BCUT2D eigenvalue weighted by Crippen LogP contribution is 2.55. The molecular formula is C60H40FN3S. The van der Waals surface area contributed by atoms with Crippen molar-refractivity contribution in [2.75, 3.05) is 14.7 Å². The fourth-order valence-corrected chi connectivity index (χ4v) is 10.7. The van der Waals surface area contributed by atoms with Crippen molar-refractivity contribution >= 4 is 83.4 Å². The van der Waals surface area contributed by atoms with E-state index in [4.69, 9.17) is 0 Å². The van der Waals surface area contributed by atoms with Gasteiger partial charge in [-0.15, -0.1) is 11.3 Å². The highest BCUT2D eigenvalue weighted by atomic mass is 32.1. The predicted octanol–water partition coefficient (Wildman–Crippen LogP) is 17.9. The van der Waals surface area contributed by atoms with Gasteiger partial charge >= 0.3 is 0 Å². The predicted molar refractivity (Wildman–Crippen MR) is 273 cm³/mol. The first-order chi connectivity index (χ1) is 32.2. The average Bonchev–Trinajstić information content (AvgIpc) is 3.84. The molecule has 0 radical (unpaired) electrons. The number of benzene rings is 10. The molecule has 5 heteroatoms. The van der Waals surface area contributed by atoms with E-state index in [-0.39, 0.29) is 5.82 Å². The third-order valence-electron chi connectivity index (χ3n) is 12.4. The van der Waals surface area contributed by atoms with Crippen LogP contribution in [-0.4, -0.2) is 0 Å². The Kier molecular flexibility index (Phi) is 9.54. The lowest BCUT2D eigenvalue weighted by Gasteiger charge is -2.35. The number of fused-ring (bicyclic) bond motifs is 3. The Labute approximate surface area is 381 Å². The second-order valence-corrected chi connectivity index (χ2v) is 17.3. The van der Waals surface area contributed by atoms with Crippen molar-refractivity contribution in [1.82, 2.24) is 0 Å². The lowest BCUT2D eigenvalue weighted by atomic mass is 9.88. The first-order valence-electron chi connectivity index (χ1n) is 21.9. The molecule has 308 valence electrons. The molecule has 0 fully saturated rings. The first-order valence-corrected chi connectivity index (χ1v) is 22.7. The smallest absolute Gasteiger partial charge is 0.125 e. The molecule has 0 atom stereocenters. The van der Waals surface area contributed by atoms with Crippen LogP contribution >= 0.6 is 11.3 Å². The molecule has 0 unspecified atom stereocenters. The summed E-state index contributed by atoms with van der Waals surface area (Å²) in [6.45, 7) is 0. The molecule has 1 aromatic heterocycles. The Bertz CT molecular complexity index is 3470. The maximum Gasteiger partial charge on any atom is 0.125 e. The van der Waals surface area contributed by atoms with Crippen molar-refractivity contribution in [3.8, 4) is 32.7 Å². The van der Waals surface area contributed by atoms with Crippen LogP contribution in [-0.2, 0) is 0 Å². The van der Waals surface area contributed by atoms with Crippen LogP contribution in [0.5, 0.6) is 0 Å². The van der Waals surface area contributed by atoms with Crippen LogP contribution in [0.1, 0.15) is 0 Å². The standard InChI is InChI=1S/C60H40FN3S/c61-43-37-42(51-28-15-18-41-17-13-14-27-50(41)51)38-49(39-43)62(44-19-5-1-6-20-44)48-31-32-52-55-34-33-53(54-29-16-30-56(60(54)55)64(57(52)40-48)47-25-11-4-12-26-47)58-35-36-59(65-58)63(45-21-7-2-8-22-45)46-23-9-3-10-24-46/h1-40H. The summed E-state index contributed by atoms with van der Waals surface area (Å²) in [5.74, 6) is -0.294. The van der Waals surface area contributed by atoms with Gasteiger partial charge in [0.05, 0.1) is 11.4 Å². The van der Waals surface area contributed by atoms with E-state index in [1.54, 1.807) is 23.5 Å². The second kappa shape index (κ2) is 16.1. The monoisotopic (exact) mass is 853 g/mol. The van der Waals surface area contributed by atoms with Gasteiger partial charge in [-0.3, -0.25) is 0 Å². The molecule has 0 N–H and O–H groups in total. The Hall–Kier alpha value is -8.25. The van der Waals surface area contributed by atoms with Gasteiger partial charge in [-0.2, -0.15) is 0 Å². The van der Waals surface area contributed by atoms with E-state index < -0.39 is 0 Å². The molecule has 3 nitrogen and oxygen atoms in total. The molecule has 12 rings (SSSR count). The first kappa shape index (κ1) is 38.4. The fourth-order valence-electron chi connectivity index (χ4n) is 9.58. The van der Waals surface area contributed by atoms with Crippen molar-refractivity contribution < 1.29 is 4.39 Å². The van der Waals surface area contributed by atoms with Crippen LogP contribution in [0.15, 0.2) is 243 Å². The maximum atomic E-state index is 16.1. The third-order valence-corrected chi connectivity index (χ3v) is 13.5. The number of nitrogens with zero attached hydrogens (tertiary/aromatic N) is 3. The number of rotatable bonds is 9. The number of hydrogen-bond acceptors (Lipinski definition) is 4. The van der Waals surface area contributed by atoms with Crippen LogP contribution in [0.4, 0.5) is 54.9 Å². The molecule has 0 aliphatic carbocycles. The van der Waals surface area contributed by atoms with Gasteiger partial charge in [0.2, 0.25) is 0 Å². The minimum absolute atomic E-state index is 0.294. The zero-order valence-electron chi connectivity index (χ0n) is 35.2. The van der Waals surface area contributed by atoms with Crippen molar-refractivity contribution in [2.24, 2.45) is 0 Å². The third kappa shape index (κ3) is 6.81. The highest BCUT2D eigenvalue weighted by Gasteiger charge is 2.29. The van der Waals surface area contributed by atoms with Crippen molar-refractivity contribution in [3.05, 3.63) is 248 Å². The molecule has 65 heavy (non-hydrogen) atoms. The van der Waals surface area contributed by atoms with Crippen molar-refractivity contribution in [2.45, 2.75) is 0 Å². The Morgan fingerprint density at radius 2 is 0.969 bits per heavy atom. The molecule has 0 bridgehead atoms. The molecule has 1 aliphatic rings. The van der Waals surface area contributed by atoms with Crippen LogP contribution < -0.4 is 14.7 Å². The minimum Gasteiger partial charge on any atom is -0.310 e. The highest BCUT2D eigenvalue weighted by molar-refractivity contribution is 7.19. The molecule has 0 amide bonds. The largest absolute Gasteiger partial charge is 0.310 e. The summed E-state index contributed by atoms with van der Waals surface area (Å²) in [5, 5.41) is 5.75. The van der Waals surface area contributed by atoms with Gasteiger partial charge in [0.1, 0.15) is 10.8 Å². The molecule has 2 heterocycles. The number of thiophene rings is 1. The zero-order chi connectivity index (χ0) is 43.3. The van der Waals surface area contributed by atoms with Gasteiger partial charge in [0.25, 0.3) is 0 Å². The molecule has 0 saturated carbocycles. The minimum atomic E-state index is -0.294. The van der Waals surface area contributed by atoms with Crippen molar-refractivity contribution in [1.29, 1.82) is 0 Å². The topological polar surface area (TPSA) is 9.72 Å².